The standard InChI is InChI=1S/C13H22BrN3O/c1-4-17-11(13(14)10(3)16-17)8-12(18)9(2)6-5-7-15/h9H,4-8,15H2,1-3H3. The summed E-state index contributed by atoms with van der Waals surface area (Å²) in [6, 6.07) is 0. The molecule has 1 atom stereocenters. The predicted molar refractivity (Wildman–Crippen MR) is 76.5 cm³/mol. The molecule has 18 heavy (non-hydrogen) atoms. The molecule has 0 aromatic carbocycles. The van der Waals surface area contributed by atoms with Crippen LogP contribution in [0.15, 0.2) is 4.47 Å². The monoisotopic (exact) mass is 315 g/mol. The van der Waals surface area contributed by atoms with Crippen molar-refractivity contribution in [2.45, 2.75) is 46.6 Å². The highest BCUT2D eigenvalue weighted by Crippen LogP contribution is 2.23. The van der Waals surface area contributed by atoms with Gasteiger partial charge in [0.15, 0.2) is 0 Å². The van der Waals surface area contributed by atoms with E-state index in [2.05, 4.69) is 21.0 Å². The highest BCUT2D eigenvalue weighted by atomic mass is 79.9. The topological polar surface area (TPSA) is 60.9 Å². The number of halogens is 1. The molecule has 1 heterocycles. The summed E-state index contributed by atoms with van der Waals surface area (Å²) in [5.74, 6) is 0.333. The molecule has 0 saturated heterocycles. The van der Waals surface area contributed by atoms with Gasteiger partial charge < -0.3 is 5.73 Å². The molecular formula is C13H22BrN3O. The van der Waals surface area contributed by atoms with E-state index in [-0.39, 0.29) is 11.7 Å². The zero-order chi connectivity index (χ0) is 13.7. The van der Waals surface area contributed by atoms with E-state index in [0.29, 0.717) is 13.0 Å². The average molecular weight is 316 g/mol. The number of Topliss-reactive ketones (excluding diaryl/α,β-unsaturated/α-hetero) is 1. The molecule has 0 saturated carbocycles. The number of aromatic nitrogens is 2. The molecule has 0 amide bonds. The molecular weight excluding hydrogens is 294 g/mol. The lowest BCUT2D eigenvalue weighted by molar-refractivity contribution is -0.122. The van der Waals surface area contributed by atoms with Crippen molar-refractivity contribution in [2.24, 2.45) is 11.7 Å². The zero-order valence-electron chi connectivity index (χ0n) is 11.4. The van der Waals surface area contributed by atoms with Crippen LogP contribution in [0.4, 0.5) is 0 Å². The highest BCUT2D eigenvalue weighted by Gasteiger charge is 2.19. The molecule has 1 rings (SSSR count). The van der Waals surface area contributed by atoms with Crippen LogP contribution in [0.3, 0.4) is 0 Å². The Morgan fingerprint density at radius 2 is 2.22 bits per heavy atom. The van der Waals surface area contributed by atoms with Crippen molar-refractivity contribution in [3.05, 3.63) is 15.9 Å². The Morgan fingerprint density at radius 1 is 1.56 bits per heavy atom. The molecule has 0 fully saturated rings. The molecule has 0 bridgehead atoms. The van der Waals surface area contributed by atoms with Crippen molar-refractivity contribution in [3.8, 4) is 0 Å². The number of nitrogens with two attached hydrogens (primary N) is 1. The molecule has 0 radical (unpaired) electrons. The lowest BCUT2D eigenvalue weighted by atomic mass is 9.97. The van der Waals surface area contributed by atoms with E-state index in [9.17, 15) is 4.79 Å². The molecule has 0 spiro atoms. The molecule has 2 N–H and O–H groups in total. The van der Waals surface area contributed by atoms with Gasteiger partial charge in [0.05, 0.1) is 15.9 Å². The number of aryl methyl sites for hydroxylation is 2. The van der Waals surface area contributed by atoms with Crippen molar-refractivity contribution in [1.29, 1.82) is 0 Å². The van der Waals surface area contributed by atoms with Crippen LogP contribution in [0.1, 0.15) is 38.1 Å². The van der Waals surface area contributed by atoms with Gasteiger partial charge in [-0.1, -0.05) is 6.92 Å². The fourth-order valence-corrected chi connectivity index (χ4v) is 2.39. The summed E-state index contributed by atoms with van der Waals surface area (Å²) in [5.41, 5.74) is 7.39. The van der Waals surface area contributed by atoms with E-state index in [1.54, 1.807) is 0 Å². The second-order valence-electron chi connectivity index (χ2n) is 4.64. The van der Waals surface area contributed by atoms with Crippen molar-refractivity contribution in [3.63, 3.8) is 0 Å². The Hall–Kier alpha value is -0.680. The Balaban J connectivity index is 2.75. The predicted octanol–water partition coefficient (Wildman–Crippen LogP) is 2.46. The van der Waals surface area contributed by atoms with E-state index >= 15 is 0 Å². The minimum Gasteiger partial charge on any atom is -0.330 e. The van der Waals surface area contributed by atoms with Gasteiger partial charge in [0.2, 0.25) is 0 Å². The first-order chi connectivity index (χ1) is 8.51. The second kappa shape index (κ2) is 7.04. The van der Waals surface area contributed by atoms with Crippen LogP contribution in [0.2, 0.25) is 0 Å². The maximum absolute atomic E-state index is 12.1. The average Bonchev–Trinajstić information content (AvgIpc) is 2.63. The summed E-state index contributed by atoms with van der Waals surface area (Å²) in [6.45, 7) is 7.39. The molecule has 0 aliphatic rings. The van der Waals surface area contributed by atoms with E-state index in [1.165, 1.54) is 0 Å². The summed E-state index contributed by atoms with van der Waals surface area (Å²) < 4.78 is 2.86. The van der Waals surface area contributed by atoms with Crippen LogP contribution < -0.4 is 5.73 Å². The van der Waals surface area contributed by atoms with Crippen molar-refractivity contribution in [2.75, 3.05) is 6.54 Å². The number of hydrogen-bond donors (Lipinski definition) is 1. The number of carbonyl (C=O) groups excluding carboxylic acids is 1. The van der Waals surface area contributed by atoms with Gasteiger partial charge in [0, 0.05) is 18.9 Å². The quantitative estimate of drug-likeness (QED) is 0.840. The molecule has 5 heteroatoms. The molecule has 1 aromatic heterocycles. The first-order valence-corrected chi connectivity index (χ1v) is 7.25. The maximum Gasteiger partial charge on any atom is 0.141 e. The van der Waals surface area contributed by atoms with Gasteiger partial charge in [-0.25, -0.2) is 0 Å². The summed E-state index contributed by atoms with van der Waals surface area (Å²) in [4.78, 5) is 12.1. The lowest BCUT2D eigenvalue weighted by Gasteiger charge is -2.10. The Morgan fingerprint density at radius 3 is 2.78 bits per heavy atom. The second-order valence-corrected chi connectivity index (χ2v) is 5.43. The number of hydrogen-bond acceptors (Lipinski definition) is 3. The molecule has 1 aromatic rings. The summed E-state index contributed by atoms with van der Waals surface area (Å²) >= 11 is 3.52. The first-order valence-electron chi connectivity index (χ1n) is 6.45. The zero-order valence-corrected chi connectivity index (χ0v) is 13.0. The van der Waals surface area contributed by atoms with Crippen LogP contribution in [0.5, 0.6) is 0 Å². The SMILES string of the molecule is CCn1nc(C)c(Br)c1CC(=O)C(C)CCCN. The van der Waals surface area contributed by atoms with Crippen molar-refractivity contribution >= 4 is 21.7 Å². The van der Waals surface area contributed by atoms with Gasteiger partial charge in [-0.05, 0) is 49.2 Å². The molecule has 1 unspecified atom stereocenters. The number of nitrogens with zero attached hydrogens (tertiary/aromatic N) is 2. The fourth-order valence-electron chi connectivity index (χ4n) is 1.96. The number of carbonyl (C=O) groups is 1. The van der Waals surface area contributed by atoms with Crippen LogP contribution in [-0.4, -0.2) is 22.1 Å². The third-order valence-electron chi connectivity index (χ3n) is 3.19. The van der Waals surface area contributed by atoms with Crippen LogP contribution in [0, 0.1) is 12.8 Å². The minimum absolute atomic E-state index is 0.0703. The maximum atomic E-state index is 12.1. The van der Waals surface area contributed by atoms with Crippen LogP contribution in [-0.2, 0) is 17.8 Å². The highest BCUT2D eigenvalue weighted by molar-refractivity contribution is 9.10. The van der Waals surface area contributed by atoms with Gasteiger partial charge in [0.1, 0.15) is 5.78 Å². The normalized spacial score (nSPS) is 12.7. The molecule has 0 aliphatic carbocycles. The summed E-state index contributed by atoms with van der Waals surface area (Å²) in [5, 5.41) is 4.40. The fraction of sp³-hybridized carbons (Fsp3) is 0.692. The summed E-state index contributed by atoms with van der Waals surface area (Å²) in [6.07, 6.45) is 2.22. The third kappa shape index (κ3) is 3.65. The Kier molecular flexibility index (Phi) is 6.02. The van der Waals surface area contributed by atoms with E-state index in [1.807, 2.05) is 25.5 Å². The van der Waals surface area contributed by atoms with Crippen LogP contribution >= 0.6 is 15.9 Å². The molecule has 4 nitrogen and oxygen atoms in total. The number of ketones is 1. The van der Waals surface area contributed by atoms with Gasteiger partial charge >= 0.3 is 0 Å². The molecule has 102 valence electrons. The van der Waals surface area contributed by atoms with E-state index in [0.717, 1.165) is 35.2 Å². The van der Waals surface area contributed by atoms with Crippen molar-refractivity contribution < 1.29 is 4.79 Å². The lowest BCUT2D eigenvalue weighted by Crippen LogP contribution is -2.17. The molecule has 0 aliphatic heterocycles. The summed E-state index contributed by atoms with van der Waals surface area (Å²) in [7, 11) is 0. The smallest absolute Gasteiger partial charge is 0.141 e. The largest absolute Gasteiger partial charge is 0.330 e. The van der Waals surface area contributed by atoms with E-state index in [4.69, 9.17) is 5.73 Å². The van der Waals surface area contributed by atoms with Gasteiger partial charge in [-0.3, -0.25) is 9.48 Å². The van der Waals surface area contributed by atoms with Crippen molar-refractivity contribution in [1.82, 2.24) is 9.78 Å². The van der Waals surface area contributed by atoms with Crippen LogP contribution in [0.25, 0.3) is 0 Å². The Labute approximate surface area is 117 Å². The van der Waals surface area contributed by atoms with Gasteiger partial charge in [0.25, 0.3) is 0 Å². The number of rotatable bonds is 7. The van der Waals surface area contributed by atoms with Gasteiger partial charge in [-0.2, -0.15) is 5.10 Å². The third-order valence-corrected chi connectivity index (χ3v) is 4.22. The Bertz CT molecular complexity index is 415. The van der Waals surface area contributed by atoms with Gasteiger partial charge in [-0.15, -0.1) is 0 Å². The van der Waals surface area contributed by atoms with E-state index < -0.39 is 0 Å². The minimum atomic E-state index is 0.0703. The first kappa shape index (κ1) is 15.4.